The summed E-state index contributed by atoms with van der Waals surface area (Å²) in [5.41, 5.74) is 6.68. The third-order valence-corrected chi connectivity index (χ3v) is 2.78. The van der Waals surface area contributed by atoms with Gasteiger partial charge in [-0.25, -0.2) is 0 Å². The molecule has 4 heteroatoms. The van der Waals surface area contributed by atoms with Crippen molar-refractivity contribution in [3.05, 3.63) is 18.0 Å². The molecule has 0 amide bonds. The molecule has 1 aromatic rings. The first-order valence-corrected chi connectivity index (χ1v) is 5.14. The van der Waals surface area contributed by atoms with E-state index in [2.05, 4.69) is 5.10 Å². The largest absolute Gasteiger partial charge is 0.369 e. The number of hydrogen-bond acceptors (Lipinski definition) is 3. The molecule has 1 aromatic heterocycles. The second kappa shape index (κ2) is 4.11. The zero-order valence-corrected chi connectivity index (χ0v) is 8.52. The van der Waals surface area contributed by atoms with Crippen molar-refractivity contribution in [3.8, 4) is 0 Å². The van der Waals surface area contributed by atoms with E-state index in [1.807, 2.05) is 24.0 Å². The summed E-state index contributed by atoms with van der Waals surface area (Å²) >= 11 is 0. The molecule has 2 atom stereocenters. The van der Waals surface area contributed by atoms with Gasteiger partial charge in [-0.2, -0.15) is 5.10 Å². The Hall–Kier alpha value is -0.870. The van der Waals surface area contributed by atoms with Crippen LogP contribution in [0.25, 0.3) is 0 Å². The lowest BCUT2D eigenvalue weighted by molar-refractivity contribution is 0.0371. The van der Waals surface area contributed by atoms with Gasteiger partial charge in [0.05, 0.1) is 17.9 Å². The zero-order chi connectivity index (χ0) is 9.97. The summed E-state index contributed by atoms with van der Waals surface area (Å²) in [5, 5.41) is 4.14. The minimum absolute atomic E-state index is 0.221. The normalized spacial score (nSPS) is 27.0. The number of rotatable bonds is 3. The fourth-order valence-electron chi connectivity index (χ4n) is 2.02. The average Bonchev–Trinajstić information content (AvgIpc) is 2.74. The van der Waals surface area contributed by atoms with Crippen LogP contribution in [-0.2, 0) is 11.8 Å². The lowest BCUT2D eigenvalue weighted by Crippen LogP contribution is -2.13. The van der Waals surface area contributed by atoms with Crippen molar-refractivity contribution >= 4 is 0 Å². The highest BCUT2D eigenvalue weighted by atomic mass is 16.5. The number of nitrogens with zero attached hydrogens (tertiary/aromatic N) is 2. The Morgan fingerprint density at radius 2 is 2.50 bits per heavy atom. The van der Waals surface area contributed by atoms with Crippen LogP contribution in [0, 0.1) is 0 Å². The molecule has 4 nitrogen and oxygen atoms in total. The molecule has 1 saturated heterocycles. The van der Waals surface area contributed by atoms with Gasteiger partial charge in [0.2, 0.25) is 0 Å². The molecular formula is C10H17N3O. The van der Waals surface area contributed by atoms with Crippen molar-refractivity contribution in [2.45, 2.75) is 31.5 Å². The first-order valence-electron chi connectivity index (χ1n) is 5.14. The van der Waals surface area contributed by atoms with Crippen LogP contribution >= 0.6 is 0 Å². The molecule has 1 aliphatic rings. The molecule has 0 radical (unpaired) electrons. The lowest BCUT2D eigenvalue weighted by atomic mass is 10.1. The number of ether oxygens (including phenoxy) is 1. The van der Waals surface area contributed by atoms with Gasteiger partial charge >= 0.3 is 0 Å². The van der Waals surface area contributed by atoms with Crippen LogP contribution in [-0.4, -0.2) is 22.4 Å². The number of nitrogens with two attached hydrogens (primary N) is 1. The van der Waals surface area contributed by atoms with Gasteiger partial charge < -0.3 is 10.5 Å². The molecule has 78 valence electrons. The Balaban J connectivity index is 1.99. The number of hydrogen-bond donors (Lipinski definition) is 1. The predicted octanol–water partition coefficient (Wildman–Crippen LogP) is 0.989. The summed E-state index contributed by atoms with van der Waals surface area (Å²) in [6.45, 7) is 0.711. The molecule has 0 aromatic carbocycles. The Kier molecular flexibility index (Phi) is 2.84. The van der Waals surface area contributed by atoms with E-state index in [0.29, 0.717) is 12.6 Å². The maximum Gasteiger partial charge on any atom is 0.0996 e. The maximum absolute atomic E-state index is 5.89. The monoisotopic (exact) mass is 195 g/mol. The summed E-state index contributed by atoms with van der Waals surface area (Å²) in [4.78, 5) is 0. The highest BCUT2D eigenvalue weighted by molar-refractivity contribution is 5.06. The fraction of sp³-hybridized carbons (Fsp3) is 0.700. The molecule has 1 fully saturated rings. The fourth-order valence-corrected chi connectivity index (χ4v) is 2.02. The third kappa shape index (κ3) is 1.81. The summed E-state index contributed by atoms with van der Waals surface area (Å²) in [5.74, 6) is 0. The van der Waals surface area contributed by atoms with E-state index in [1.165, 1.54) is 5.69 Å². The molecular weight excluding hydrogens is 178 g/mol. The molecule has 0 aliphatic carbocycles. The first kappa shape index (κ1) is 9.68. The van der Waals surface area contributed by atoms with Crippen LogP contribution in [0.1, 0.15) is 31.1 Å². The maximum atomic E-state index is 5.89. The van der Waals surface area contributed by atoms with Gasteiger partial charge in [-0.05, 0) is 31.9 Å². The summed E-state index contributed by atoms with van der Waals surface area (Å²) < 4.78 is 7.77. The predicted molar refractivity (Wildman–Crippen MR) is 53.7 cm³/mol. The quantitative estimate of drug-likeness (QED) is 0.782. The lowest BCUT2D eigenvalue weighted by Gasteiger charge is -2.13. The molecule has 0 saturated carbocycles. The Labute approximate surface area is 84.0 Å². The Morgan fingerprint density at radius 1 is 1.64 bits per heavy atom. The summed E-state index contributed by atoms with van der Waals surface area (Å²) in [6.07, 6.45) is 5.56. The smallest absolute Gasteiger partial charge is 0.0996 e. The highest BCUT2D eigenvalue weighted by Gasteiger charge is 2.27. The van der Waals surface area contributed by atoms with Crippen LogP contribution in [0.2, 0.25) is 0 Å². The van der Waals surface area contributed by atoms with Crippen molar-refractivity contribution in [1.82, 2.24) is 9.78 Å². The molecule has 0 bridgehead atoms. The van der Waals surface area contributed by atoms with Gasteiger partial charge in [0, 0.05) is 13.2 Å². The molecule has 2 N–H and O–H groups in total. The van der Waals surface area contributed by atoms with Crippen molar-refractivity contribution in [3.63, 3.8) is 0 Å². The van der Waals surface area contributed by atoms with Gasteiger partial charge in [-0.15, -0.1) is 0 Å². The van der Waals surface area contributed by atoms with Crippen LogP contribution in [0.15, 0.2) is 12.3 Å². The van der Waals surface area contributed by atoms with Crippen molar-refractivity contribution < 1.29 is 4.74 Å². The van der Waals surface area contributed by atoms with E-state index < -0.39 is 0 Å². The van der Waals surface area contributed by atoms with E-state index in [4.69, 9.17) is 10.5 Å². The molecule has 1 aliphatic heterocycles. The second-order valence-electron chi connectivity index (χ2n) is 3.78. The first-order chi connectivity index (χ1) is 6.81. The number of aromatic nitrogens is 2. The van der Waals surface area contributed by atoms with Gasteiger partial charge in [0.1, 0.15) is 0 Å². The van der Waals surface area contributed by atoms with Crippen LogP contribution < -0.4 is 5.73 Å². The van der Waals surface area contributed by atoms with Crippen molar-refractivity contribution in [2.24, 2.45) is 12.8 Å². The van der Waals surface area contributed by atoms with Crippen LogP contribution in [0.4, 0.5) is 0 Å². The second-order valence-corrected chi connectivity index (χ2v) is 3.78. The van der Waals surface area contributed by atoms with Crippen molar-refractivity contribution in [1.29, 1.82) is 0 Å². The van der Waals surface area contributed by atoms with Gasteiger partial charge in [0.25, 0.3) is 0 Å². The Morgan fingerprint density at radius 3 is 3.14 bits per heavy atom. The SMILES string of the molecule is Cn1nccc1C1CCC(CCN)O1. The molecule has 0 spiro atoms. The highest BCUT2D eigenvalue weighted by Crippen LogP contribution is 2.33. The van der Waals surface area contributed by atoms with E-state index in [0.717, 1.165) is 19.3 Å². The summed E-state index contributed by atoms with van der Waals surface area (Å²) in [6, 6.07) is 2.02. The van der Waals surface area contributed by atoms with Gasteiger partial charge in [0.15, 0.2) is 0 Å². The topological polar surface area (TPSA) is 53.1 Å². The number of aryl methyl sites for hydroxylation is 1. The van der Waals surface area contributed by atoms with Crippen LogP contribution in [0.3, 0.4) is 0 Å². The van der Waals surface area contributed by atoms with E-state index in [9.17, 15) is 0 Å². The standard InChI is InChI=1S/C10H17N3O/c1-13-9(5-7-12-13)10-3-2-8(14-10)4-6-11/h5,7-8,10H,2-4,6,11H2,1H3. The molecule has 2 heterocycles. The van der Waals surface area contributed by atoms with Crippen molar-refractivity contribution in [2.75, 3.05) is 6.54 Å². The van der Waals surface area contributed by atoms with E-state index in [-0.39, 0.29) is 6.10 Å². The summed E-state index contributed by atoms with van der Waals surface area (Å²) in [7, 11) is 1.95. The average molecular weight is 195 g/mol. The Bertz CT molecular complexity index is 297. The van der Waals surface area contributed by atoms with Crippen LogP contribution in [0.5, 0.6) is 0 Å². The van der Waals surface area contributed by atoms with E-state index in [1.54, 1.807) is 0 Å². The minimum Gasteiger partial charge on any atom is -0.369 e. The van der Waals surface area contributed by atoms with Gasteiger partial charge in [-0.3, -0.25) is 4.68 Å². The van der Waals surface area contributed by atoms with E-state index >= 15 is 0 Å². The minimum atomic E-state index is 0.221. The molecule has 2 rings (SSSR count). The molecule has 2 unspecified atom stereocenters. The molecule has 14 heavy (non-hydrogen) atoms. The van der Waals surface area contributed by atoms with Gasteiger partial charge in [-0.1, -0.05) is 0 Å². The third-order valence-electron chi connectivity index (χ3n) is 2.78. The zero-order valence-electron chi connectivity index (χ0n) is 8.52.